The maximum absolute atomic E-state index is 12.0. The van der Waals surface area contributed by atoms with Crippen LogP contribution in [0.4, 0.5) is 5.69 Å². The van der Waals surface area contributed by atoms with Gasteiger partial charge in [0.05, 0.1) is 10.6 Å². The second-order valence-corrected chi connectivity index (χ2v) is 9.85. The van der Waals surface area contributed by atoms with Gasteiger partial charge in [0.25, 0.3) is 0 Å². The van der Waals surface area contributed by atoms with Crippen LogP contribution in [-0.4, -0.2) is 50.8 Å². The Morgan fingerprint density at radius 2 is 1.79 bits per heavy atom. The van der Waals surface area contributed by atoms with Crippen LogP contribution in [0.25, 0.3) is 0 Å². The lowest BCUT2D eigenvalue weighted by atomic mass is 9.83. The van der Waals surface area contributed by atoms with E-state index in [2.05, 4.69) is 9.80 Å². The van der Waals surface area contributed by atoms with Crippen LogP contribution in [-0.2, 0) is 9.84 Å². The van der Waals surface area contributed by atoms with Crippen molar-refractivity contribution < 1.29 is 8.42 Å². The van der Waals surface area contributed by atoms with Crippen molar-refractivity contribution in [2.45, 2.75) is 56.0 Å². The van der Waals surface area contributed by atoms with Crippen LogP contribution < -0.4 is 4.90 Å². The molecule has 2 saturated heterocycles. The Morgan fingerprint density at radius 3 is 2.46 bits per heavy atom. The molecule has 4 nitrogen and oxygen atoms in total. The quantitative estimate of drug-likeness (QED) is 0.839. The fourth-order valence-electron chi connectivity index (χ4n) is 4.57. The summed E-state index contributed by atoms with van der Waals surface area (Å²) in [5, 5.41) is 0. The number of anilines is 1. The van der Waals surface area contributed by atoms with Crippen molar-refractivity contribution in [3.05, 3.63) is 24.3 Å². The average Bonchev–Trinajstić information content (AvgIpc) is 3.46. The number of rotatable bonds is 4. The molecule has 0 amide bonds. The predicted molar refractivity (Wildman–Crippen MR) is 97.2 cm³/mol. The molecule has 0 aromatic heterocycles. The van der Waals surface area contributed by atoms with Crippen molar-refractivity contribution in [1.82, 2.24) is 4.90 Å². The predicted octanol–water partition coefficient (Wildman–Crippen LogP) is 2.93. The first-order valence-corrected chi connectivity index (χ1v) is 11.1. The number of hydrogen-bond acceptors (Lipinski definition) is 4. The number of fused-ring (bicyclic) bond motifs is 1. The summed E-state index contributed by atoms with van der Waals surface area (Å²) in [5.41, 5.74) is 1.17. The molecule has 1 aliphatic carbocycles. The largest absolute Gasteiger partial charge is 0.371 e. The Labute approximate surface area is 145 Å². The number of nitrogens with zero attached hydrogens (tertiary/aromatic N) is 2. The molecule has 0 bridgehead atoms. The molecule has 0 radical (unpaired) electrons. The number of benzene rings is 1. The molecule has 0 unspecified atom stereocenters. The van der Waals surface area contributed by atoms with Gasteiger partial charge in [0.15, 0.2) is 9.84 Å². The van der Waals surface area contributed by atoms with E-state index in [-0.39, 0.29) is 5.75 Å². The highest BCUT2D eigenvalue weighted by Gasteiger charge is 2.41. The number of hydrogen-bond donors (Lipinski definition) is 0. The minimum absolute atomic E-state index is 0.164. The highest BCUT2D eigenvalue weighted by molar-refractivity contribution is 7.91. The molecule has 5 heteroatoms. The number of sulfone groups is 1. The molecule has 2 heterocycles. The van der Waals surface area contributed by atoms with Crippen molar-refractivity contribution in [2.24, 2.45) is 5.92 Å². The van der Waals surface area contributed by atoms with Gasteiger partial charge in [0.1, 0.15) is 0 Å². The van der Waals surface area contributed by atoms with E-state index in [4.69, 9.17) is 0 Å². The van der Waals surface area contributed by atoms with Crippen LogP contribution in [0.5, 0.6) is 0 Å². The minimum atomic E-state index is -3.10. The van der Waals surface area contributed by atoms with Gasteiger partial charge in [-0.25, -0.2) is 8.42 Å². The lowest BCUT2D eigenvalue weighted by molar-refractivity contribution is 0.0698. The van der Waals surface area contributed by atoms with Crippen molar-refractivity contribution in [3.8, 4) is 0 Å². The maximum Gasteiger partial charge on any atom is 0.178 e. The molecule has 2 aliphatic heterocycles. The van der Waals surface area contributed by atoms with Crippen LogP contribution in [0.2, 0.25) is 0 Å². The zero-order chi connectivity index (χ0) is 16.7. The van der Waals surface area contributed by atoms with Gasteiger partial charge in [-0.15, -0.1) is 0 Å². The molecule has 0 spiro atoms. The van der Waals surface area contributed by atoms with Crippen molar-refractivity contribution in [3.63, 3.8) is 0 Å². The fourth-order valence-corrected chi connectivity index (χ4v) is 5.45. The second-order valence-electron chi connectivity index (χ2n) is 7.57. The molecule has 24 heavy (non-hydrogen) atoms. The molecule has 2 atom stereocenters. The summed E-state index contributed by atoms with van der Waals surface area (Å²) in [6, 6.07) is 9.19. The van der Waals surface area contributed by atoms with Gasteiger partial charge in [-0.05, 0) is 68.8 Å². The first-order valence-electron chi connectivity index (χ1n) is 9.42. The minimum Gasteiger partial charge on any atom is -0.371 e. The van der Waals surface area contributed by atoms with E-state index in [0.717, 1.165) is 31.1 Å². The van der Waals surface area contributed by atoms with Crippen molar-refractivity contribution in [1.29, 1.82) is 0 Å². The van der Waals surface area contributed by atoms with E-state index < -0.39 is 9.84 Å². The molecule has 132 valence electrons. The molecule has 0 N–H and O–H groups in total. The summed E-state index contributed by atoms with van der Waals surface area (Å²) in [4.78, 5) is 5.70. The molecular formula is C19H28N2O2S. The number of piperidine rings is 2. The average molecular weight is 349 g/mol. The van der Waals surface area contributed by atoms with E-state index in [1.807, 2.05) is 12.1 Å². The molecule has 3 fully saturated rings. The fraction of sp³-hybridized carbons (Fsp3) is 0.684. The summed E-state index contributed by atoms with van der Waals surface area (Å²) in [7, 11) is -3.10. The maximum atomic E-state index is 12.0. The molecule has 4 rings (SSSR count). The van der Waals surface area contributed by atoms with Gasteiger partial charge in [0, 0.05) is 30.9 Å². The second kappa shape index (κ2) is 6.34. The SMILES string of the molecule is CCS(=O)(=O)c1ccc(N2CC[C@H]3[C@H](CCCN3C3CC3)C2)cc1. The Morgan fingerprint density at radius 1 is 1.04 bits per heavy atom. The Kier molecular flexibility index (Phi) is 4.33. The van der Waals surface area contributed by atoms with E-state index in [1.165, 1.54) is 44.3 Å². The molecule has 1 aromatic carbocycles. The van der Waals surface area contributed by atoms with E-state index in [0.29, 0.717) is 4.90 Å². The van der Waals surface area contributed by atoms with E-state index >= 15 is 0 Å². The Hall–Kier alpha value is -1.07. The summed E-state index contributed by atoms with van der Waals surface area (Å²) < 4.78 is 23.9. The Bertz CT molecular complexity index is 682. The number of likely N-dealkylation sites (tertiary alicyclic amines) is 1. The monoisotopic (exact) mass is 348 g/mol. The van der Waals surface area contributed by atoms with Crippen LogP contribution in [0.1, 0.15) is 39.0 Å². The normalized spacial score (nSPS) is 28.6. The van der Waals surface area contributed by atoms with Crippen molar-refractivity contribution in [2.75, 3.05) is 30.3 Å². The highest BCUT2D eigenvalue weighted by Crippen LogP contribution is 2.39. The Balaban J connectivity index is 1.46. The third kappa shape index (κ3) is 3.08. The molecule has 3 aliphatic rings. The van der Waals surface area contributed by atoms with Crippen LogP contribution in [0.15, 0.2) is 29.2 Å². The summed E-state index contributed by atoms with van der Waals surface area (Å²) >= 11 is 0. The van der Waals surface area contributed by atoms with Gasteiger partial charge in [-0.1, -0.05) is 6.92 Å². The van der Waals surface area contributed by atoms with Gasteiger partial charge in [-0.3, -0.25) is 4.90 Å². The lowest BCUT2D eigenvalue weighted by Crippen LogP contribution is -2.54. The zero-order valence-electron chi connectivity index (χ0n) is 14.5. The third-order valence-electron chi connectivity index (χ3n) is 6.07. The van der Waals surface area contributed by atoms with Crippen LogP contribution in [0, 0.1) is 5.92 Å². The van der Waals surface area contributed by atoms with Gasteiger partial charge in [0.2, 0.25) is 0 Å². The highest BCUT2D eigenvalue weighted by atomic mass is 32.2. The third-order valence-corrected chi connectivity index (χ3v) is 7.82. The summed E-state index contributed by atoms with van der Waals surface area (Å²) in [6.45, 7) is 5.20. The van der Waals surface area contributed by atoms with E-state index in [9.17, 15) is 8.42 Å². The molecule has 1 saturated carbocycles. The molecular weight excluding hydrogens is 320 g/mol. The smallest absolute Gasteiger partial charge is 0.178 e. The van der Waals surface area contributed by atoms with Crippen LogP contribution in [0.3, 0.4) is 0 Å². The van der Waals surface area contributed by atoms with E-state index in [1.54, 1.807) is 19.1 Å². The topological polar surface area (TPSA) is 40.6 Å². The molecule has 1 aromatic rings. The first kappa shape index (κ1) is 16.4. The lowest BCUT2D eigenvalue weighted by Gasteiger charge is -2.48. The van der Waals surface area contributed by atoms with Gasteiger partial charge in [-0.2, -0.15) is 0 Å². The van der Waals surface area contributed by atoms with Crippen molar-refractivity contribution >= 4 is 15.5 Å². The van der Waals surface area contributed by atoms with Gasteiger partial charge >= 0.3 is 0 Å². The summed E-state index contributed by atoms with van der Waals surface area (Å²) in [6.07, 6.45) is 6.72. The van der Waals surface area contributed by atoms with Crippen LogP contribution >= 0.6 is 0 Å². The standard InChI is InChI=1S/C19H28N2O2S/c1-2-24(22,23)18-9-7-16(8-10-18)20-13-11-19-15(14-20)4-3-12-21(19)17-5-6-17/h7-10,15,17,19H,2-6,11-14H2,1H3/t15-,19+/m1/s1. The summed E-state index contributed by atoms with van der Waals surface area (Å²) in [5.74, 6) is 0.934. The van der Waals surface area contributed by atoms with Gasteiger partial charge < -0.3 is 4.90 Å². The zero-order valence-corrected chi connectivity index (χ0v) is 15.3. The first-order chi connectivity index (χ1) is 11.6.